The van der Waals surface area contributed by atoms with Crippen LogP contribution in [0, 0.1) is 10.1 Å². The van der Waals surface area contributed by atoms with E-state index in [1.807, 2.05) is 0 Å². The molecule has 0 aliphatic carbocycles. The van der Waals surface area contributed by atoms with Crippen molar-refractivity contribution in [3.63, 3.8) is 0 Å². The number of carboxylic acid groups (broad SMARTS) is 1. The van der Waals surface area contributed by atoms with Gasteiger partial charge >= 0.3 is 5.97 Å². The number of halogens is 1. The van der Waals surface area contributed by atoms with E-state index in [4.69, 9.17) is 14.6 Å². The molecule has 8 heteroatoms. The van der Waals surface area contributed by atoms with Crippen LogP contribution < -0.4 is 9.47 Å². The van der Waals surface area contributed by atoms with Gasteiger partial charge in [-0.1, -0.05) is 0 Å². The highest BCUT2D eigenvalue weighted by Gasteiger charge is 2.30. The number of fused-ring (bicyclic) bond motifs is 1. The molecule has 0 saturated heterocycles. The second-order valence-corrected chi connectivity index (χ2v) is 3.97. The summed E-state index contributed by atoms with van der Waals surface area (Å²) in [4.78, 5) is 21.1. The molecule has 1 aromatic rings. The zero-order valence-electron chi connectivity index (χ0n) is 8.31. The summed E-state index contributed by atoms with van der Waals surface area (Å²) in [5.41, 5.74) is -0.652. The molecule has 1 aliphatic rings. The number of rotatable bonds is 2. The van der Waals surface area contributed by atoms with Crippen LogP contribution in [0.1, 0.15) is 10.4 Å². The molecule has 1 N–H and O–H groups in total. The molecule has 0 amide bonds. The number of hydrogen-bond donors (Lipinski definition) is 1. The van der Waals surface area contributed by atoms with Crippen LogP contribution in [0.4, 0.5) is 5.69 Å². The molecule has 17 heavy (non-hydrogen) atoms. The van der Waals surface area contributed by atoms with Crippen LogP contribution in [0.5, 0.6) is 11.5 Å². The van der Waals surface area contributed by atoms with Crippen LogP contribution >= 0.6 is 15.9 Å². The summed E-state index contributed by atoms with van der Waals surface area (Å²) in [6.07, 6.45) is 0. The molecule has 0 saturated carbocycles. The summed E-state index contributed by atoms with van der Waals surface area (Å²) in [7, 11) is 0. The predicted molar refractivity (Wildman–Crippen MR) is 58.7 cm³/mol. The molecule has 1 heterocycles. The van der Waals surface area contributed by atoms with Crippen molar-refractivity contribution in [2.24, 2.45) is 0 Å². The van der Waals surface area contributed by atoms with Gasteiger partial charge in [-0.15, -0.1) is 0 Å². The largest absolute Gasteiger partial charge is 0.485 e. The average molecular weight is 304 g/mol. The van der Waals surface area contributed by atoms with E-state index in [2.05, 4.69) is 15.9 Å². The van der Waals surface area contributed by atoms with Crippen LogP contribution in [0.25, 0.3) is 0 Å². The number of hydrogen-bond acceptors (Lipinski definition) is 5. The number of nitro benzene ring substituents is 1. The van der Waals surface area contributed by atoms with Gasteiger partial charge in [0.2, 0.25) is 0 Å². The fourth-order valence-electron chi connectivity index (χ4n) is 1.46. The van der Waals surface area contributed by atoms with Gasteiger partial charge in [-0.3, -0.25) is 10.1 Å². The first-order valence-corrected chi connectivity index (χ1v) is 5.31. The Balaban J connectivity index is 2.72. The normalized spacial score (nSPS) is 13.2. The van der Waals surface area contributed by atoms with Crippen LogP contribution in [0.15, 0.2) is 10.5 Å². The predicted octanol–water partition coefficient (Wildman–Crippen LogP) is 1.83. The number of carboxylic acids is 1. The first-order valence-electron chi connectivity index (χ1n) is 4.52. The maximum absolute atomic E-state index is 11.0. The van der Waals surface area contributed by atoms with Crippen molar-refractivity contribution in [3.05, 3.63) is 26.2 Å². The number of benzene rings is 1. The van der Waals surface area contributed by atoms with E-state index in [1.165, 1.54) is 0 Å². The van der Waals surface area contributed by atoms with Crippen molar-refractivity contribution in [2.75, 3.05) is 13.2 Å². The van der Waals surface area contributed by atoms with Gasteiger partial charge in [-0.05, 0) is 15.9 Å². The minimum atomic E-state index is -1.30. The standard InChI is InChI=1S/C9H6BrNO6/c10-6-5(11(14)15)3-4(9(12)13)7-8(6)17-2-1-16-7/h3H,1-2H2,(H,12,13). The average Bonchev–Trinajstić information content (AvgIpc) is 2.29. The minimum Gasteiger partial charge on any atom is -0.485 e. The summed E-state index contributed by atoms with van der Waals surface area (Å²) < 4.78 is 10.5. The molecule has 0 unspecified atom stereocenters. The van der Waals surface area contributed by atoms with Crippen LogP contribution in [-0.2, 0) is 0 Å². The van der Waals surface area contributed by atoms with Gasteiger partial charge in [-0.2, -0.15) is 0 Å². The lowest BCUT2D eigenvalue weighted by atomic mass is 10.1. The van der Waals surface area contributed by atoms with Crippen molar-refractivity contribution >= 4 is 27.6 Å². The zero-order valence-corrected chi connectivity index (χ0v) is 9.89. The summed E-state index contributed by atoms with van der Waals surface area (Å²) in [6, 6.07) is 0.944. The van der Waals surface area contributed by atoms with E-state index in [0.29, 0.717) is 0 Å². The van der Waals surface area contributed by atoms with E-state index in [-0.39, 0.29) is 40.4 Å². The Hall–Kier alpha value is -1.83. The quantitative estimate of drug-likeness (QED) is 0.661. The van der Waals surface area contributed by atoms with Gasteiger partial charge in [0.05, 0.1) is 4.92 Å². The van der Waals surface area contributed by atoms with Crippen molar-refractivity contribution in [2.45, 2.75) is 0 Å². The van der Waals surface area contributed by atoms with Crippen molar-refractivity contribution in [3.8, 4) is 11.5 Å². The molecule has 7 nitrogen and oxygen atoms in total. The van der Waals surface area contributed by atoms with Crippen molar-refractivity contribution < 1.29 is 24.3 Å². The van der Waals surface area contributed by atoms with Crippen LogP contribution in [0.2, 0.25) is 0 Å². The Morgan fingerprint density at radius 1 is 1.41 bits per heavy atom. The summed E-state index contributed by atoms with van der Waals surface area (Å²) in [6.45, 7) is 0.420. The number of ether oxygens (including phenoxy) is 2. The van der Waals surface area contributed by atoms with Gasteiger partial charge < -0.3 is 14.6 Å². The highest BCUT2D eigenvalue weighted by molar-refractivity contribution is 9.10. The Morgan fingerprint density at radius 2 is 2.00 bits per heavy atom. The van der Waals surface area contributed by atoms with Gasteiger partial charge in [0, 0.05) is 6.07 Å². The first kappa shape index (κ1) is 11.6. The molecule has 0 atom stereocenters. The van der Waals surface area contributed by atoms with Crippen molar-refractivity contribution in [1.82, 2.24) is 0 Å². The Labute approximate surface area is 103 Å². The third-order valence-corrected chi connectivity index (χ3v) is 2.93. The van der Waals surface area contributed by atoms with Crippen LogP contribution in [0.3, 0.4) is 0 Å². The Kier molecular flexibility index (Phi) is 2.88. The summed E-state index contributed by atoms with van der Waals surface area (Å²) >= 11 is 3.01. The van der Waals surface area contributed by atoms with E-state index in [9.17, 15) is 14.9 Å². The van der Waals surface area contributed by atoms with E-state index in [0.717, 1.165) is 6.07 Å². The second-order valence-electron chi connectivity index (χ2n) is 3.17. The number of aromatic carboxylic acids is 1. The Bertz CT molecular complexity index is 515. The molecule has 0 aromatic heterocycles. The van der Waals surface area contributed by atoms with Crippen molar-refractivity contribution in [1.29, 1.82) is 0 Å². The fourth-order valence-corrected chi connectivity index (χ4v) is 2.01. The SMILES string of the molecule is O=C(O)c1cc([N+](=O)[O-])c(Br)c2c1OCCO2. The summed E-state index contributed by atoms with van der Waals surface area (Å²) in [5.74, 6) is -1.23. The molecule has 1 aromatic carbocycles. The molecule has 0 radical (unpaired) electrons. The smallest absolute Gasteiger partial charge is 0.339 e. The minimum absolute atomic E-state index is 0.0150. The molecule has 2 rings (SSSR count). The fraction of sp³-hybridized carbons (Fsp3) is 0.222. The third-order valence-electron chi connectivity index (χ3n) is 2.16. The molecular formula is C9H6BrNO6. The van der Waals surface area contributed by atoms with E-state index in [1.54, 1.807) is 0 Å². The molecule has 0 bridgehead atoms. The zero-order chi connectivity index (χ0) is 12.6. The highest BCUT2D eigenvalue weighted by atomic mass is 79.9. The molecule has 0 fully saturated rings. The first-order chi connectivity index (χ1) is 8.02. The maximum Gasteiger partial charge on any atom is 0.339 e. The monoisotopic (exact) mass is 303 g/mol. The lowest BCUT2D eigenvalue weighted by Crippen LogP contribution is -2.18. The second kappa shape index (κ2) is 4.21. The van der Waals surface area contributed by atoms with Gasteiger partial charge in [0.25, 0.3) is 5.69 Å². The molecule has 0 spiro atoms. The lowest BCUT2D eigenvalue weighted by molar-refractivity contribution is -0.385. The topological polar surface area (TPSA) is 98.9 Å². The summed E-state index contributed by atoms with van der Waals surface area (Å²) in [5, 5.41) is 19.7. The Morgan fingerprint density at radius 3 is 2.53 bits per heavy atom. The van der Waals surface area contributed by atoms with Crippen LogP contribution in [-0.4, -0.2) is 29.2 Å². The molecule has 90 valence electrons. The number of nitro groups is 1. The highest BCUT2D eigenvalue weighted by Crippen LogP contribution is 2.45. The van der Waals surface area contributed by atoms with Gasteiger partial charge in [-0.25, -0.2) is 4.79 Å². The molecule has 1 aliphatic heterocycles. The van der Waals surface area contributed by atoms with E-state index >= 15 is 0 Å². The van der Waals surface area contributed by atoms with Gasteiger partial charge in [0.15, 0.2) is 11.5 Å². The molecular weight excluding hydrogens is 298 g/mol. The lowest BCUT2D eigenvalue weighted by Gasteiger charge is -2.20. The maximum atomic E-state index is 11.0. The number of carbonyl (C=O) groups is 1. The third kappa shape index (κ3) is 1.91. The van der Waals surface area contributed by atoms with Gasteiger partial charge in [0.1, 0.15) is 23.2 Å². The van der Waals surface area contributed by atoms with E-state index < -0.39 is 10.9 Å². The number of nitrogens with zero attached hydrogens (tertiary/aromatic N) is 1.